The van der Waals surface area contributed by atoms with E-state index in [9.17, 15) is 9.59 Å². The van der Waals surface area contributed by atoms with Crippen LogP contribution in [0.1, 0.15) is 23.7 Å². The molecule has 0 fully saturated rings. The van der Waals surface area contributed by atoms with E-state index < -0.39 is 11.9 Å². The molecule has 0 aliphatic heterocycles. The van der Waals surface area contributed by atoms with Crippen LogP contribution >= 0.6 is 31.9 Å². The second-order valence-corrected chi connectivity index (χ2v) is 5.13. The Balaban J connectivity index is 3.01. The molecule has 1 aromatic rings. The molecule has 100 valence electrons. The first-order chi connectivity index (χ1) is 8.99. The van der Waals surface area contributed by atoms with Crippen molar-refractivity contribution >= 4 is 49.4 Å². The molecule has 19 heavy (non-hydrogen) atoms. The van der Waals surface area contributed by atoms with Crippen molar-refractivity contribution in [3.8, 4) is 6.07 Å². The monoisotopic (exact) mass is 388 g/mol. The lowest BCUT2D eigenvalue weighted by Gasteiger charge is -2.10. The van der Waals surface area contributed by atoms with Crippen LogP contribution < -0.4 is 5.32 Å². The zero-order chi connectivity index (χ0) is 14.4. The van der Waals surface area contributed by atoms with Crippen LogP contribution in [0.25, 0.3) is 0 Å². The van der Waals surface area contributed by atoms with E-state index in [1.54, 1.807) is 25.1 Å². The Morgan fingerprint density at radius 2 is 1.95 bits per heavy atom. The number of amides is 1. The minimum Gasteiger partial charge on any atom is -0.462 e. The molecule has 0 unspecified atom stereocenters. The average molecular weight is 390 g/mol. The van der Waals surface area contributed by atoms with E-state index in [2.05, 4.69) is 37.2 Å². The van der Waals surface area contributed by atoms with Crippen molar-refractivity contribution in [2.24, 2.45) is 0 Å². The van der Waals surface area contributed by atoms with E-state index in [1.165, 1.54) is 0 Å². The summed E-state index contributed by atoms with van der Waals surface area (Å²) in [6, 6.07) is 4.85. The Bertz CT molecular complexity index is 529. The first-order valence-electron chi connectivity index (χ1n) is 5.32. The van der Waals surface area contributed by atoms with E-state index in [4.69, 9.17) is 10.00 Å². The molecule has 0 aromatic heterocycles. The van der Waals surface area contributed by atoms with Gasteiger partial charge in [-0.25, -0.2) is 4.79 Å². The maximum atomic E-state index is 11.6. The van der Waals surface area contributed by atoms with Gasteiger partial charge < -0.3 is 10.1 Å². The van der Waals surface area contributed by atoms with E-state index in [0.29, 0.717) is 20.2 Å². The quantitative estimate of drug-likeness (QED) is 0.801. The zero-order valence-corrected chi connectivity index (χ0v) is 13.2. The van der Waals surface area contributed by atoms with Crippen molar-refractivity contribution < 1.29 is 14.3 Å². The molecule has 0 spiro atoms. The summed E-state index contributed by atoms with van der Waals surface area (Å²) in [5.74, 6) is -0.869. The van der Waals surface area contributed by atoms with Gasteiger partial charge in [0.1, 0.15) is 6.42 Å². The highest BCUT2D eigenvalue weighted by Gasteiger charge is 2.14. The minimum absolute atomic E-state index is 0.238. The number of benzene rings is 1. The number of carbonyl (C=O) groups is 2. The van der Waals surface area contributed by atoms with Gasteiger partial charge in [-0.2, -0.15) is 5.26 Å². The highest BCUT2D eigenvalue weighted by molar-refractivity contribution is 9.11. The van der Waals surface area contributed by atoms with E-state index >= 15 is 0 Å². The van der Waals surface area contributed by atoms with Crippen molar-refractivity contribution in [2.75, 3.05) is 11.9 Å². The molecule has 0 saturated carbocycles. The molecule has 0 radical (unpaired) electrons. The fourth-order valence-electron chi connectivity index (χ4n) is 1.28. The van der Waals surface area contributed by atoms with Crippen LogP contribution in [0.3, 0.4) is 0 Å². The molecule has 1 amide bonds. The third-order valence-corrected chi connectivity index (χ3v) is 3.31. The van der Waals surface area contributed by atoms with Crippen LogP contribution in [0.15, 0.2) is 21.1 Å². The van der Waals surface area contributed by atoms with Gasteiger partial charge in [0.05, 0.1) is 23.9 Å². The maximum absolute atomic E-state index is 11.6. The SMILES string of the molecule is CCOC(=O)c1cc(Br)c(NC(=O)CC#N)c(Br)c1. The number of nitrogens with zero attached hydrogens (tertiary/aromatic N) is 1. The standard InChI is InChI=1S/C12H10Br2N2O3/c1-2-19-12(18)7-5-8(13)11(9(14)6-7)16-10(17)3-4-15/h5-6H,2-3H2,1H3,(H,16,17). The number of esters is 1. The van der Waals surface area contributed by atoms with Crippen molar-refractivity contribution in [3.05, 3.63) is 26.6 Å². The maximum Gasteiger partial charge on any atom is 0.338 e. The van der Waals surface area contributed by atoms with Gasteiger partial charge in [-0.1, -0.05) is 0 Å². The summed E-state index contributed by atoms with van der Waals surface area (Å²) >= 11 is 6.52. The number of ether oxygens (including phenoxy) is 1. The number of halogens is 2. The van der Waals surface area contributed by atoms with E-state index in [-0.39, 0.29) is 13.0 Å². The normalized spacial score (nSPS) is 9.58. The first kappa shape index (κ1) is 15.7. The molecular weight excluding hydrogens is 380 g/mol. The second kappa shape index (κ2) is 7.26. The van der Waals surface area contributed by atoms with E-state index in [1.807, 2.05) is 0 Å². The van der Waals surface area contributed by atoms with Gasteiger partial charge in [0.15, 0.2) is 0 Å². The first-order valence-corrected chi connectivity index (χ1v) is 6.91. The molecule has 0 atom stereocenters. The number of rotatable bonds is 4. The molecule has 1 N–H and O–H groups in total. The summed E-state index contributed by atoms with van der Waals surface area (Å²) in [5.41, 5.74) is 0.826. The average Bonchev–Trinajstić information content (AvgIpc) is 2.34. The summed E-state index contributed by atoms with van der Waals surface area (Å²) < 4.78 is 5.93. The fourth-order valence-corrected chi connectivity index (χ4v) is 2.66. The van der Waals surface area contributed by atoms with Crippen molar-refractivity contribution in [1.29, 1.82) is 5.26 Å². The fraction of sp³-hybridized carbons (Fsp3) is 0.250. The number of nitriles is 1. The lowest BCUT2D eigenvalue weighted by molar-refractivity contribution is -0.115. The Morgan fingerprint density at radius 3 is 2.42 bits per heavy atom. The Kier molecular flexibility index (Phi) is 5.99. The summed E-state index contributed by atoms with van der Waals surface area (Å²) in [6.07, 6.45) is -0.238. The summed E-state index contributed by atoms with van der Waals surface area (Å²) in [6.45, 7) is 2.01. The van der Waals surface area contributed by atoms with Crippen LogP contribution in [0.2, 0.25) is 0 Å². The van der Waals surface area contributed by atoms with Gasteiger partial charge in [-0.15, -0.1) is 0 Å². The van der Waals surface area contributed by atoms with Gasteiger partial charge >= 0.3 is 5.97 Å². The molecule has 1 rings (SSSR count). The molecule has 0 saturated heterocycles. The molecule has 7 heteroatoms. The number of anilines is 1. The topological polar surface area (TPSA) is 79.2 Å². The van der Waals surface area contributed by atoms with Crippen LogP contribution in [-0.4, -0.2) is 18.5 Å². The van der Waals surface area contributed by atoms with Crippen LogP contribution in [0.4, 0.5) is 5.69 Å². The van der Waals surface area contributed by atoms with Gasteiger partial charge in [-0.3, -0.25) is 4.79 Å². The lowest BCUT2D eigenvalue weighted by Crippen LogP contribution is -2.12. The minimum atomic E-state index is -0.446. The van der Waals surface area contributed by atoms with Gasteiger partial charge in [0.25, 0.3) is 0 Å². The predicted octanol–water partition coefficient (Wildman–Crippen LogP) is 3.24. The Hall–Kier alpha value is -1.39. The van der Waals surface area contributed by atoms with Crippen molar-refractivity contribution in [1.82, 2.24) is 0 Å². The third-order valence-electron chi connectivity index (χ3n) is 2.06. The smallest absolute Gasteiger partial charge is 0.338 e. The number of hydrogen-bond donors (Lipinski definition) is 1. The second-order valence-electron chi connectivity index (χ2n) is 3.42. The number of nitrogens with one attached hydrogen (secondary N) is 1. The number of carbonyl (C=O) groups excluding carboxylic acids is 2. The summed E-state index contributed by atoms with van der Waals surface area (Å²) in [4.78, 5) is 23.0. The molecule has 5 nitrogen and oxygen atoms in total. The molecule has 0 aliphatic carbocycles. The molecule has 1 aromatic carbocycles. The number of hydrogen-bond acceptors (Lipinski definition) is 4. The lowest BCUT2D eigenvalue weighted by atomic mass is 10.2. The van der Waals surface area contributed by atoms with Gasteiger partial charge in [0, 0.05) is 8.95 Å². The highest BCUT2D eigenvalue weighted by Crippen LogP contribution is 2.32. The zero-order valence-electron chi connectivity index (χ0n) is 10.00. The van der Waals surface area contributed by atoms with Crippen LogP contribution in [0, 0.1) is 11.3 Å². The molecule has 0 heterocycles. The van der Waals surface area contributed by atoms with Crippen molar-refractivity contribution in [3.63, 3.8) is 0 Å². The Morgan fingerprint density at radius 1 is 1.37 bits per heavy atom. The molecule has 0 aliphatic rings. The van der Waals surface area contributed by atoms with Crippen molar-refractivity contribution in [2.45, 2.75) is 13.3 Å². The van der Waals surface area contributed by atoms with E-state index in [0.717, 1.165) is 0 Å². The van der Waals surface area contributed by atoms with Gasteiger partial charge in [0.2, 0.25) is 5.91 Å². The predicted molar refractivity (Wildman–Crippen MR) is 76.7 cm³/mol. The summed E-state index contributed by atoms with van der Waals surface area (Å²) in [7, 11) is 0. The summed E-state index contributed by atoms with van der Waals surface area (Å²) in [5, 5.41) is 11.0. The van der Waals surface area contributed by atoms with Gasteiger partial charge in [-0.05, 0) is 50.9 Å². The molecular formula is C12H10Br2N2O3. The van der Waals surface area contributed by atoms with Crippen LogP contribution in [0.5, 0.6) is 0 Å². The van der Waals surface area contributed by atoms with Crippen LogP contribution in [-0.2, 0) is 9.53 Å². The highest BCUT2D eigenvalue weighted by atomic mass is 79.9. The largest absolute Gasteiger partial charge is 0.462 e. The third kappa shape index (κ3) is 4.33. The Labute approximate surface area is 127 Å². The molecule has 0 bridgehead atoms.